The van der Waals surface area contributed by atoms with Gasteiger partial charge in [-0.25, -0.2) is 14.4 Å². The third-order valence-electron chi connectivity index (χ3n) is 7.09. The fourth-order valence-corrected chi connectivity index (χ4v) is 4.96. The molecule has 0 aliphatic carbocycles. The van der Waals surface area contributed by atoms with Crippen molar-refractivity contribution in [2.24, 2.45) is 0 Å². The van der Waals surface area contributed by atoms with E-state index in [1.54, 1.807) is 81.4 Å². The van der Waals surface area contributed by atoms with Gasteiger partial charge in [-0.1, -0.05) is 49.7 Å². The number of hydrogen-bond acceptors (Lipinski definition) is 8. The molecule has 0 spiro atoms. The van der Waals surface area contributed by atoms with E-state index in [4.69, 9.17) is 9.72 Å². The van der Waals surface area contributed by atoms with Gasteiger partial charge in [0.15, 0.2) is 11.9 Å². The summed E-state index contributed by atoms with van der Waals surface area (Å²) in [5, 5.41) is 24.7. The number of hydrogen-bond donors (Lipinski definition) is 1. The zero-order chi connectivity index (χ0) is 30.7. The van der Waals surface area contributed by atoms with Crippen molar-refractivity contribution in [1.29, 1.82) is 0 Å². The van der Waals surface area contributed by atoms with Gasteiger partial charge in [0.25, 0.3) is 5.56 Å². The minimum Gasteiger partial charge on any atom is -0.528 e. The Balaban J connectivity index is 1.50. The quantitative estimate of drug-likeness (QED) is 0.239. The fraction of sp³-hybridized carbons (Fsp3) is 0.273. The van der Waals surface area contributed by atoms with E-state index in [0.717, 1.165) is 6.42 Å². The number of aliphatic hydroxyl groups excluding tert-OH is 1. The van der Waals surface area contributed by atoms with Crippen molar-refractivity contribution in [3.63, 3.8) is 0 Å². The van der Waals surface area contributed by atoms with Crippen molar-refractivity contribution < 1.29 is 23.9 Å². The monoisotopic (exact) mass is 583 g/mol. The maximum absolute atomic E-state index is 15.7. The molecule has 0 amide bonds. The first-order chi connectivity index (χ1) is 20.6. The summed E-state index contributed by atoms with van der Waals surface area (Å²) < 4.78 is 27.6. The topological polar surface area (TPSA) is 126 Å². The lowest BCUT2D eigenvalue weighted by molar-refractivity contribution is -0.303. The molecule has 3 aromatic carbocycles. The highest BCUT2D eigenvalue weighted by Gasteiger charge is 2.20. The van der Waals surface area contributed by atoms with E-state index < -0.39 is 17.5 Å². The van der Waals surface area contributed by atoms with Gasteiger partial charge in [0.1, 0.15) is 23.0 Å². The predicted octanol–water partition coefficient (Wildman–Crippen LogP) is 5.16. The van der Waals surface area contributed by atoms with Crippen LogP contribution in [-0.4, -0.2) is 37.0 Å². The van der Waals surface area contributed by atoms with E-state index in [0.29, 0.717) is 57.2 Å². The van der Waals surface area contributed by atoms with Crippen LogP contribution in [0.5, 0.6) is 11.8 Å². The highest BCUT2D eigenvalue weighted by molar-refractivity contribution is 5.80. The molecule has 9 nitrogen and oxygen atoms in total. The van der Waals surface area contributed by atoms with E-state index >= 15 is 4.39 Å². The van der Waals surface area contributed by atoms with E-state index in [-0.39, 0.29) is 24.4 Å². The fourth-order valence-electron chi connectivity index (χ4n) is 4.96. The summed E-state index contributed by atoms with van der Waals surface area (Å²) in [5.74, 6) is 0.724. The minimum atomic E-state index is -0.804. The number of aromatic nitrogens is 4. The zero-order valence-electron chi connectivity index (χ0n) is 24.4. The number of ether oxygens (including phenoxy) is 1. The van der Waals surface area contributed by atoms with Gasteiger partial charge in [0.2, 0.25) is 0 Å². The standard InChI is InChI=1S/C33H33FN4O5/c1-5-8-29-27(31(40)38(20(2)35-29)23-13-15-24(16-14-23)42-33(3,4)19-39)17-22-12-11-21(18-28(22)34)25-9-6-7-10-26(25)30-36-32(41)43-37-30/h6-7,9-16,18,39H,5,8,17,19H2,1-4H3,(H,36,37,41)/p-1. The van der Waals surface area contributed by atoms with Gasteiger partial charge in [-0.05, 0) is 74.2 Å². The van der Waals surface area contributed by atoms with Crippen LogP contribution in [0.4, 0.5) is 4.39 Å². The minimum absolute atomic E-state index is 0.0610. The van der Waals surface area contributed by atoms with Crippen molar-refractivity contribution in [3.8, 4) is 40.0 Å². The highest BCUT2D eigenvalue weighted by Crippen LogP contribution is 2.32. The van der Waals surface area contributed by atoms with Gasteiger partial charge in [-0.15, -0.1) is 0 Å². The van der Waals surface area contributed by atoms with Crippen LogP contribution in [0.2, 0.25) is 0 Å². The zero-order valence-corrected chi connectivity index (χ0v) is 24.4. The highest BCUT2D eigenvalue weighted by atomic mass is 19.1. The molecule has 0 radical (unpaired) electrons. The van der Waals surface area contributed by atoms with E-state index in [1.807, 2.05) is 6.92 Å². The maximum Gasteiger partial charge on any atom is 0.261 e. The molecule has 2 heterocycles. The summed E-state index contributed by atoms with van der Waals surface area (Å²) in [4.78, 5) is 22.5. The molecular weight excluding hydrogens is 551 g/mol. The summed E-state index contributed by atoms with van der Waals surface area (Å²) in [7, 11) is 0. The average molecular weight is 584 g/mol. The predicted molar refractivity (Wildman–Crippen MR) is 158 cm³/mol. The summed E-state index contributed by atoms with van der Waals surface area (Å²) in [6.45, 7) is 7.19. The lowest BCUT2D eigenvalue weighted by atomic mass is 9.95. The number of aliphatic hydroxyl groups is 1. The lowest BCUT2D eigenvalue weighted by Crippen LogP contribution is -2.32. The SMILES string of the molecule is CCCc1nc(C)n(-c2ccc(OC(C)(C)CO)cc2)c(=O)c1Cc1ccc(-c2ccccc2-c2noc([O-])n2)cc1F. The Kier molecular flexibility index (Phi) is 8.40. The second-order valence-electron chi connectivity index (χ2n) is 10.9. The van der Waals surface area contributed by atoms with Crippen LogP contribution in [0.25, 0.3) is 28.2 Å². The van der Waals surface area contributed by atoms with E-state index in [2.05, 4.69) is 14.7 Å². The van der Waals surface area contributed by atoms with Gasteiger partial charge in [-0.2, -0.15) is 5.16 Å². The second kappa shape index (κ2) is 12.2. The van der Waals surface area contributed by atoms with Crippen LogP contribution in [0.15, 0.2) is 76.0 Å². The van der Waals surface area contributed by atoms with Crippen LogP contribution in [0.1, 0.15) is 49.8 Å². The number of rotatable bonds is 10. The van der Waals surface area contributed by atoms with Crippen LogP contribution >= 0.6 is 0 Å². The Labute approximate surface area is 248 Å². The molecule has 0 atom stereocenters. The summed E-state index contributed by atoms with van der Waals surface area (Å²) in [6.07, 6.45) is 0.608. The summed E-state index contributed by atoms with van der Waals surface area (Å²) >= 11 is 0. The first-order valence-corrected chi connectivity index (χ1v) is 14.0. The Morgan fingerprint density at radius 1 is 1.05 bits per heavy atom. The molecule has 0 aliphatic rings. The molecule has 10 heteroatoms. The molecule has 0 saturated carbocycles. The van der Waals surface area contributed by atoms with Crippen LogP contribution < -0.4 is 15.4 Å². The van der Waals surface area contributed by atoms with Gasteiger partial charge < -0.3 is 19.5 Å². The lowest BCUT2D eigenvalue weighted by Gasteiger charge is -2.24. The molecule has 43 heavy (non-hydrogen) atoms. The molecule has 0 fully saturated rings. The average Bonchev–Trinajstić information content (AvgIpc) is 3.42. The van der Waals surface area contributed by atoms with Crippen molar-refractivity contribution in [2.45, 2.75) is 52.6 Å². The Morgan fingerprint density at radius 2 is 1.77 bits per heavy atom. The third-order valence-corrected chi connectivity index (χ3v) is 7.09. The molecule has 1 N–H and O–H groups in total. The Hall–Kier alpha value is -4.83. The summed E-state index contributed by atoms with van der Waals surface area (Å²) in [5.41, 5.74) is 2.74. The number of nitrogens with zero attached hydrogens (tertiary/aromatic N) is 4. The first-order valence-electron chi connectivity index (χ1n) is 14.0. The molecule has 2 aromatic heterocycles. The smallest absolute Gasteiger partial charge is 0.261 e. The molecule has 5 aromatic rings. The molecule has 0 saturated heterocycles. The number of aryl methyl sites for hydroxylation is 2. The Bertz CT molecular complexity index is 1810. The van der Waals surface area contributed by atoms with Crippen molar-refractivity contribution in [1.82, 2.24) is 19.7 Å². The van der Waals surface area contributed by atoms with Gasteiger partial charge in [0.05, 0.1) is 18.0 Å². The van der Waals surface area contributed by atoms with E-state index in [9.17, 15) is 15.0 Å². The van der Waals surface area contributed by atoms with Crippen molar-refractivity contribution in [2.75, 3.05) is 6.61 Å². The number of benzene rings is 3. The first kappa shape index (κ1) is 29.7. The third kappa shape index (κ3) is 6.34. The summed E-state index contributed by atoms with van der Waals surface area (Å²) in [6, 6.07) is 18.9. The molecule has 222 valence electrons. The van der Waals surface area contributed by atoms with Crippen LogP contribution in [0.3, 0.4) is 0 Å². The molecule has 0 bridgehead atoms. The van der Waals surface area contributed by atoms with Gasteiger partial charge >= 0.3 is 0 Å². The van der Waals surface area contributed by atoms with Gasteiger partial charge in [0, 0.05) is 17.5 Å². The van der Waals surface area contributed by atoms with Crippen molar-refractivity contribution in [3.05, 3.63) is 106 Å². The molecular formula is C33H32FN4O5-. The molecule has 5 rings (SSSR count). The molecule has 0 unspecified atom stereocenters. The molecule has 0 aliphatic heterocycles. The van der Waals surface area contributed by atoms with Crippen molar-refractivity contribution >= 4 is 0 Å². The van der Waals surface area contributed by atoms with Crippen LogP contribution in [-0.2, 0) is 12.8 Å². The Morgan fingerprint density at radius 3 is 2.40 bits per heavy atom. The van der Waals surface area contributed by atoms with Gasteiger partial charge in [-0.3, -0.25) is 9.36 Å². The number of halogens is 1. The second-order valence-corrected chi connectivity index (χ2v) is 10.9. The largest absolute Gasteiger partial charge is 0.528 e. The van der Waals surface area contributed by atoms with E-state index in [1.165, 1.54) is 10.6 Å². The maximum atomic E-state index is 15.7. The normalized spacial score (nSPS) is 11.6. The van der Waals surface area contributed by atoms with Crippen LogP contribution in [0, 0.1) is 12.7 Å².